The number of carboxylic acids is 1. The van der Waals surface area contributed by atoms with Crippen LogP contribution in [0.3, 0.4) is 0 Å². The molecule has 1 aliphatic heterocycles. The molecule has 1 amide bonds. The molecule has 2 aromatic carbocycles. The third kappa shape index (κ3) is 3.98. The lowest BCUT2D eigenvalue weighted by Gasteiger charge is -2.12. The fourth-order valence-corrected chi connectivity index (χ4v) is 2.90. The van der Waals surface area contributed by atoms with E-state index in [2.05, 4.69) is 5.10 Å². The molecular formula is C20H17N3O6. The quantitative estimate of drug-likeness (QED) is 0.436. The van der Waals surface area contributed by atoms with Gasteiger partial charge in [-0.15, -0.1) is 0 Å². The third-order valence-corrected chi connectivity index (χ3v) is 4.30. The van der Waals surface area contributed by atoms with Crippen LogP contribution in [0, 0.1) is 10.1 Å². The van der Waals surface area contributed by atoms with E-state index in [1.165, 1.54) is 42.5 Å². The number of carboxylic acid groups (broad SMARTS) is 1. The Morgan fingerprint density at radius 1 is 1.28 bits per heavy atom. The van der Waals surface area contributed by atoms with Crippen molar-refractivity contribution in [1.29, 1.82) is 0 Å². The molecule has 0 spiro atoms. The van der Waals surface area contributed by atoms with Gasteiger partial charge in [-0.1, -0.05) is 19.4 Å². The number of benzene rings is 2. The summed E-state index contributed by atoms with van der Waals surface area (Å²) in [7, 11) is 0. The van der Waals surface area contributed by atoms with Crippen molar-refractivity contribution in [1.82, 2.24) is 0 Å². The number of hydrogen-bond donors (Lipinski definition) is 2. The average molecular weight is 395 g/mol. The number of carbonyl (C=O) groups excluding carboxylic acids is 1. The first kappa shape index (κ1) is 19.7. The molecule has 9 heteroatoms. The number of nitro benzene ring substituents is 1. The van der Waals surface area contributed by atoms with Crippen molar-refractivity contribution < 1.29 is 24.7 Å². The maximum absolute atomic E-state index is 13.0. The van der Waals surface area contributed by atoms with E-state index in [1.54, 1.807) is 6.07 Å². The zero-order chi connectivity index (χ0) is 21.1. The predicted octanol–water partition coefficient (Wildman–Crippen LogP) is 3.58. The van der Waals surface area contributed by atoms with Crippen LogP contribution >= 0.6 is 0 Å². The summed E-state index contributed by atoms with van der Waals surface area (Å²) in [5.41, 5.74) is 0.826. The van der Waals surface area contributed by atoms with E-state index in [0.29, 0.717) is 18.6 Å². The number of hydrazone groups is 1. The molecule has 0 bridgehead atoms. The van der Waals surface area contributed by atoms with E-state index >= 15 is 0 Å². The SMILES string of the molecule is CCCC1=NN(c2cccc(C(=O)O)c2)C(=O)/C1=C/c1cc([N+](=O)[O-])ccc1O. The third-order valence-electron chi connectivity index (χ3n) is 4.30. The van der Waals surface area contributed by atoms with Crippen LogP contribution in [-0.2, 0) is 4.79 Å². The van der Waals surface area contributed by atoms with Crippen molar-refractivity contribution in [3.05, 3.63) is 69.3 Å². The first-order valence-corrected chi connectivity index (χ1v) is 8.76. The first-order chi connectivity index (χ1) is 13.8. The fourth-order valence-electron chi connectivity index (χ4n) is 2.90. The molecule has 1 heterocycles. The van der Waals surface area contributed by atoms with Gasteiger partial charge in [0, 0.05) is 17.7 Å². The maximum atomic E-state index is 13.0. The normalized spacial score (nSPS) is 14.9. The Morgan fingerprint density at radius 2 is 2.03 bits per heavy atom. The van der Waals surface area contributed by atoms with Crippen LogP contribution in [0.2, 0.25) is 0 Å². The Hall–Kier alpha value is -4.01. The second-order valence-electron chi connectivity index (χ2n) is 6.33. The Labute approximate surface area is 165 Å². The number of phenolic OH excluding ortho intramolecular Hbond substituents is 1. The lowest BCUT2D eigenvalue weighted by Crippen LogP contribution is -2.21. The number of amides is 1. The summed E-state index contributed by atoms with van der Waals surface area (Å²) in [6.07, 6.45) is 2.51. The molecule has 0 aromatic heterocycles. The summed E-state index contributed by atoms with van der Waals surface area (Å²) in [5.74, 6) is -1.85. The number of aromatic hydroxyl groups is 1. The van der Waals surface area contributed by atoms with Gasteiger partial charge in [-0.05, 0) is 36.8 Å². The van der Waals surface area contributed by atoms with Crippen LogP contribution in [0.1, 0.15) is 35.7 Å². The monoisotopic (exact) mass is 395 g/mol. The van der Waals surface area contributed by atoms with Gasteiger partial charge in [0.25, 0.3) is 11.6 Å². The lowest BCUT2D eigenvalue weighted by molar-refractivity contribution is -0.384. The van der Waals surface area contributed by atoms with Gasteiger partial charge < -0.3 is 10.2 Å². The van der Waals surface area contributed by atoms with Gasteiger partial charge in [0.15, 0.2) is 0 Å². The Bertz CT molecular complexity index is 1070. The van der Waals surface area contributed by atoms with Gasteiger partial charge in [0.2, 0.25) is 0 Å². The molecule has 2 aromatic rings. The topological polar surface area (TPSA) is 133 Å². The highest BCUT2D eigenvalue weighted by molar-refractivity contribution is 6.32. The molecule has 0 aliphatic carbocycles. The molecule has 0 unspecified atom stereocenters. The smallest absolute Gasteiger partial charge is 0.335 e. The van der Waals surface area contributed by atoms with E-state index in [9.17, 15) is 24.8 Å². The fraction of sp³-hybridized carbons (Fsp3) is 0.150. The second-order valence-corrected chi connectivity index (χ2v) is 6.33. The summed E-state index contributed by atoms with van der Waals surface area (Å²) in [5, 5.41) is 35.7. The zero-order valence-electron chi connectivity index (χ0n) is 15.4. The van der Waals surface area contributed by atoms with Crippen molar-refractivity contribution in [3.63, 3.8) is 0 Å². The number of hydrogen-bond acceptors (Lipinski definition) is 6. The van der Waals surface area contributed by atoms with Crippen LogP contribution in [0.5, 0.6) is 5.75 Å². The lowest BCUT2D eigenvalue weighted by atomic mass is 10.0. The maximum Gasteiger partial charge on any atom is 0.335 e. The zero-order valence-corrected chi connectivity index (χ0v) is 15.4. The number of non-ortho nitro benzene ring substituents is 1. The van der Waals surface area contributed by atoms with Crippen molar-refractivity contribution in [2.75, 3.05) is 5.01 Å². The Kier molecular flexibility index (Phi) is 5.40. The molecule has 3 rings (SSSR count). The Morgan fingerprint density at radius 3 is 2.69 bits per heavy atom. The van der Waals surface area contributed by atoms with Gasteiger partial charge in [-0.3, -0.25) is 14.9 Å². The predicted molar refractivity (Wildman–Crippen MR) is 106 cm³/mol. The number of nitrogens with zero attached hydrogens (tertiary/aromatic N) is 3. The average Bonchev–Trinajstić information content (AvgIpc) is 2.99. The molecule has 29 heavy (non-hydrogen) atoms. The van der Waals surface area contributed by atoms with Crippen molar-refractivity contribution in [2.45, 2.75) is 19.8 Å². The molecule has 0 saturated heterocycles. The van der Waals surface area contributed by atoms with Crippen LogP contribution in [0.4, 0.5) is 11.4 Å². The molecule has 148 valence electrons. The highest BCUT2D eigenvalue weighted by Crippen LogP contribution is 2.30. The van der Waals surface area contributed by atoms with E-state index in [4.69, 9.17) is 5.11 Å². The Balaban J connectivity index is 2.06. The van der Waals surface area contributed by atoms with Gasteiger partial charge in [0.1, 0.15) is 5.75 Å². The van der Waals surface area contributed by atoms with Crippen LogP contribution in [0.15, 0.2) is 53.1 Å². The highest BCUT2D eigenvalue weighted by atomic mass is 16.6. The van der Waals surface area contributed by atoms with Crippen molar-refractivity contribution in [2.24, 2.45) is 5.10 Å². The summed E-state index contributed by atoms with van der Waals surface area (Å²) in [6, 6.07) is 9.34. The number of nitro groups is 1. The summed E-state index contributed by atoms with van der Waals surface area (Å²) in [6.45, 7) is 1.91. The van der Waals surface area contributed by atoms with Gasteiger partial charge in [-0.2, -0.15) is 10.1 Å². The summed E-state index contributed by atoms with van der Waals surface area (Å²) in [4.78, 5) is 34.6. The molecule has 9 nitrogen and oxygen atoms in total. The first-order valence-electron chi connectivity index (χ1n) is 8.76. The standard InChI is InChI=1S/C20H17N3O6/c1-2-4-17-16(11-13-10-15(23(28)29)7-8-18(13)24)19(25)22(21-17)14-6-3-5-12(9-14)20(26)27/h3,5-11,24H,2,4H2,1H3,(H,26,27)/b16-11+. The van der Waals surface area contributed by atoms with Crippen molar-refractivity contribution >= 4 is 35.0 Å². The largest absolute Gasteiger partial charge is 0.507 e. The number of anilines is 1. The molecule has 0 atom stereocenters. The molecule has 0 radical (unpaired) electrons. The minimum absolute atomic E-state index is 0.0105. The van der Waals surface area contributed by atoms with Crippen LogP contribution < -0.4 is 5.01 Å². The number of phenols is 1. The summed E-state index contributed by atoms with van der Waals surface area (Å²) >= 11 is 0. The molecule has 0 saturated carbocycles. The van der Waals surface area contributed by atoms with Crippen LogP contribution in [0.25, 0.3) is 6.08 Å². The minimum atomic E-state index is -1.13. The highest BCUT2D eigenvalue weighted by Gasteiger charge is 2.31. The van der Waals surface area contributed by atoms with Gasteiger partial charge in [0.05, 0.1) is 27.5 Å². The van der Waals surface area contributed by atoms with Crippen molar-refractivity contribution in [3.8, 4) is 5.75 Å². The number of carbonyl (C=O) groups is 2. The minimum Gasteiger partial charge on any atom is -0.507 e. The summed E-state index contributed by atoms with van der Waals surface area (Å²) < 4.78 is 0. The molecule has 2 N–H and O–H groups in total. The van der Waals surface area contributed by atoms with E-state index in [1.807, 2.05) is 6.92 Å². The number of aromatic carboxylic acids is 1. The molecule has 0 fully saturated rings. The van der Waals surface area contributed by atoms with E-state index < -0.39 is 16.8 Å². The molecule has 1 aliphatic rings. The second kappa shape index (κ2) is 7.93. The van der Waals surface area contributed by atoms with E-state index in [0.717, 1.165) is 5.01 Å². The van der Waals surface area contributed by atoms with Gasteiger partial charge in [-0.25, -0.2) is 4.79 Å². The van der Waals surface area contributed by atoms with Gasteiger partial charge >= 0.3 is 5.97 Å². The van der Waals surface area contributed by atoms with Crippen LogP contribution in [-0.4, -0.2) is 32.7 Å². The van der Waals surface area contributed by atoms with E-state index in [-0.39, 0.29) is 33.8 Å². The number of rotatable bonds is 6. The molecular weight excluding hydrogens is 378 g/mol.